The predicted octanol–water partition coefficient (Wildman–Crippen LogP) is 16.0. The molecule has 0 fully saturated rings. The number of nitrogens with zero attached hydrogens (tertiary/aromatic N) is 2. The third-order valence-electron chi connectivity index (χ3n) is 12.9. The van der Waals surface area contributed by atoms with Crippen LogP contribution in [-0.2, 0) is 5.41 Å². The largest absolute Gasteiger partial charge is 0.309 e. The van der Waals surface area contributed by atoms with Crippen molar-refractivity contribution in [2.24, 2.45) is 0 Å². The molecular weight excluding hydrogens is 793 g/mol. The Morgan fingerprint density at radius 2 is 0.883 bits per heavy atom. The summed E-state index contributed by atoms with van der Waals surface area (Å²) in [6.07, 6.45) is 0. The number of fused-ring (bicyclic) bond motifs is 9. The maximum atomic E-state index is 3.76. The molecule has 0 saturated heterocycles. The van der Waals surface area contributed by atoms with Gasteiger partial charge in [0.25, 0.3) is 0 Å². The molecule has 1 aliphatic carbocycles. The first kappa shape index (κ1) is 35.0. The van der Waals surface area contributed by atoms with Crippen molar-refractivity contribution in [3.8, 4) is 55.9 Å². The van der Waals surface area contributed by atoms with E-state index in [0.29, 0.717) is 0 Å². The van der Waals surface area contributed by atoms with E-state index in [0.717, 1.165) is 10.2 Å². The first-order valence-electron chi connectivity index (χ1n) is 20.7. The van der Waals surface area contributed by atoms with Crippen LogP contribution in [0.5, 0.6) is 0 Å². The topological polar surface area (TPSA) is 9.86 Å². The number of benzene rings is 9. The van der Waals surface area contributed by atoms with Gasteiger partial charge in [0.05, 0.1) is 27.8 Å². The number of rotatable bonds is 5. The van der Waals surface area contributed by atoms with E-state index in [9.17, 15) is 0 Å². The molecule has 0 bridgehead atoms. The van der Waals surface area contributed by atoms with Gasteiger partial charge >= 0.3 is 0 Å². The maximum absolute atomic E-state index is 3.76. The summed E-state index contributed by atoms with van der Waals surface area (Å²) in [7, 11) is 0. The summed E-state index contributed by atoms with van der Waals surface area (Å²) in [4.78, 5) is 0. The van der Waals surface area contributed by atoms with Gasteiger partial charge in [-0.05, 0) is 141 Å². The molecule has 0 amide bonds. The van der Waals surface area contributed by atoms with E-state index in [1.165, 1.54) is 105 Å². The highest BCUT2D eigenvalue weighted by atomic mass is 79.9. The van der Waals surface area contributed by atoms with Crippen molar-refractivity contribution in [2.45, 2.75) is 19.3 Å². The quantitative estimate of drug-likeness (QED) is 0.164. The lowest BCUT2D eigenvalue weighted by molar-refractivity contribution is 0.656. The molecule has 0 N–H and O–H groups in total. The Hall–Kier alpha value is -6.94. The molecule has 3 heteroatoms. The molecule has 11 aromatic rings. The van der Waals surface area contributed by atoms with Crippen molar-refractivity contribution in [3.63, 3.8) is 0 Å². The van der Waals surface area contributed by atoms with Gasteiger partial charge < -0.3 is 9.13 Å². The third-order valence-corrected chi connectivity index (χ3v) is 13.4. The van der Waals surface area contributed by atoms with E-state index in [-0.39, 0.29) is 5.41 Å². The zero-order valence-corrected chi connectivity index (χ0v) is 34.9. The summed E-state index contributed by atoms with van der Waals surface area (Å²) < 4.78 is 5.95. The summed E-state index contributed by atoms with van der Waals surface area (Å²) in [5, 5.41) is 5.00. The molecule has 12 rings (SSSR count). The molecule has 0 unspecified atom stereocenters. The van der Waals surface area contributed by atoms with Gasteiger partial charge in [-0.15, -0.1) is 0 Å². The van der Waals surface area contributed by atoms with Gasteiger partial charge in [0.15, 0.2) is 0 Å². The summed E-state index contributed by atoms with van der Waals surface area (Å²) in [5.74, 6) is 0. The molecular formula is C57H39BrN2. The molecule has 2 heterocycles. The van der Waals surface area contributed by atoms with Crippen molar-refractivity contribution in [2.75, 3.05) is 0 Å². The third kappa shape index (κ3) is 5.25. The molecule has 1 aliphatic rings. The number of aromatic nitrogens is 2. The van der Waals surface area contributed by atoms with E-state index >= 15 is 0 Å². The van der Waals surface area contributed by atoms with E-state index in [2.05, 4.69) is 239 Å². The fraction of sp³-hybridized carbons (Fsp3) is 0.0526. The first-order chi connectivity index (χ1) is 29.4. The normalized spacial score (nSPS) is 13.1. The maximum Gasteiger partial charge on any atom is 0.0541 e. The van der Waals surface area contributed by atoms with Crippen LogP contribution in [0, 0.1) is 0 Å². The van der Waals surface area contributed by atoms with Crippen LogP contribution in [0.25, 0.3) is 99.5 Å². The van der Waals surface area contributed by atoms with Gasteiger partial charge in [-0.25, -0.2) is 0 Å². The first-order valence-corrected chi connectivity index (χ1v) is 21.5. The molecule has 60 heavy (non-hydrogen) atoms. The van der Waals surface area contributed by atoms with Gasteiger partial charge in [0.2, 0.25) is 0 Å². The second-order valence-electron chi connectivity index (χ2n) is 16.7. The second-order valence-corrected chi connectivity index (χ2v) is 17.6. The van der Waals surface area contributed by atoms with Crippen LogP contribution >= 0.6 is 15.9 Å². The zero-order chi connectivity index (χ0) is 40.1. The molecule has 9 aromatic carbocycles. The highest BCUT2D eigenvalue weighted by Gasteiger charge is 2.38. The van der Waals surface area contributed by atoms with Crippen molar-refractivity contribution in [3.05, 3.63) is 216 Å². The average molecular weight is 832 g/mol. The standard InChI is InChI=1S/C57H39BrN2/c1-57(2)50-22-9-6-18-44(50)47-21-13-25-55(56(47)57)60-52-24-11-8-20-46(52)49-35-38(27-29-54(49)60)41-31-39(36-14-12-15-42(58)33-36)30-40(32-41)37-26-28-53-48(34-37)45-19-7-10-23-51(45)59(53)43-16-4-3-5-17-43/h3-35H,1-2H3. The lowest BCUT2D eigenvalue weighted by atomic mass is 9.81. The van der Waals surface area contributed by atoms with Crippen molar-refractivity contribution in [1.29, 1.82) is 0 Å². The molecule has 0 atom stereocenters. The van der Waals surface area contributed by atoms with Crippen molar-refractivity contribution in [1.82, 2.24) is 9.13 Å². The van der Waals surface area contributed by atoms with Gasteiger partial charge in [0.1, 0.15) is 0 Å². The molecule has 2 aromatic heterocycles. The van der Waals surface area contributed by atoms with Crippen molar-refractivity contribution < 1.29 is 0 Å². The van der Waals surface area contributed by atoms with Crippen LogP contribution in [0.3, 0.4) is 0 Å². The van der Waals surface area contributed by atoms with E-state index < -0.39 is 0 Å². The Labute approximate surface area is 357 Å². The predicted molar refractivity (Wildman–Crippen MR) is 257 cm³/mol. The van der Waals surface area contributed by atoms with Crippen LogP contribution in [0.15, 0.2) is 205 Å². The molecule has 0 radical (unpaired) electrons. The fourth-order valence-electron chi connectivity index (χ4n) is 10.2. The summed E-state index contributed by atoms with van der Waals surface area (Å²) >= 11 is 3.76. The Balaban J connectivity index is 1.06. The Kier molecular flexibility index (Phi) is 7.76. The molecule has 0 spiro atoms. The molecule has 0 aliphatic heterocycles. The van der Waals surface area contributed by atoms with Crippen LogP contribution < -0.4 is 0 Å². The SMILES string of the molecule is CC1(C)c2ccccc2-c2cccc(-n3c4ccccc4c4cc(-c5cc(-c6cccc(Br)c6)cc(-c6ccc7c(c6)c6ccccc6n7-c6ccccc6)c5)ccc43)c21. The minimum atomic E-state index is -0.136. The van der Waals surface area contributed by atoms with E-state index in [1.807, 2.05) is 0 Å². The highest BCUT2D eigenvalue weighted by molar-refractivity contribution is 9.10. The monoisotopic (exact) mass is 830 g/mol. The second kappa shape index (κ2) is 13.3. The molecule has 2 nitrogen and oxygen atoms in total. The lowest BCUT2D eigenvalue weighted by Gasteiger charge is -2.25. The summed E-state index contributed by atoms with van der Waals surface area (Å²) in [6, 6.07) is 73.9. The van der Waals surface area contributed by atoms with Crippen LogP contribution in [0.4, 0.5) is 0 Å². The minimum absolute atomic E-state index is 0.136. The van der Waals surface area contributed by atoms with E-state index in [1.54, 1.807) is 0 Å². The minimum Gasteiger partial charge on any atom is -0.309 e. The number of para-hydroxylation sites is 3. The van der Waals surface area contributed by atoms with Gasteiger partial charge in [-0.3, -0.25) is 0 Å². The van der Waals surface area contributed by atoms with Gasteiger partial charge in [-0.1, -0.05) is 145 Å². The molecule has 284 valence electrons. The van der Waals surface area contributed by atoms with Crippen LogP contribution in [0.2, 0.25) is 0 Å². The summed E-state index contributed by atoms with van der Waals surface area (Å²) in [6.45, 7) is 4.75. The lowest BCUT2D eigenvalue weighted by Crippen LogP contribution is -2.17. The number of halogens is 1. The number of hydrogen-bond acceptors (Lipinski definition) is 0. The van der Waals surface area contributed by atoms with Gasteiger partial charge in [0, 0.05) is 37.1 Å². The molecule has 0 saturated carbocycles. The Morgan fingerprint density at radius 3 is 1.55 bits per heavy atom. The van der Waals surface area contributed by atoms with Gasteiger partial charge in [-0.2, -0.15) is 0 Å². The average Bonchev–Trinajstić information content (AvgIpc) is 3.89. The van der Waals surface area contributed by atoms with Crippen LogP contribution in [0.1, 0.15) is 25.0 Å². The Morgan fingerprint density at radius 1 is 0.367 bits per heavy atom. The highest BCUT2D eigenvalue weighted by Crippen LogP contribution is 2.52. The fourth-order valence-corrected chi connectivity index (χ4v) is 10.6. The zero-order valence-electron chi connectivity index (χ0n) is 33.3. The smallest absolute Gasteiger partial charge is 0.0541 e. The van der Waals surface area contributed by atoms with Crippen molar-refractivity contribution >= 4 is 59.5 Å². The number of hydrogen-bond donors (Lipinski definition) is 0. The Bertz CT molecular complexity index is 3530. The van der Waals surface area contributed by atoms with Crippen LogP contribution in [-0.4, -0.2) is 9.13 Å². The summed E-state index contributed by atoms with van der Waals surface area (Å²) in [5.41, 5.74) is 19.7. The van der Waals surface area contributed by atoms with E-state index in [4.69, 9.17) is 0 Å².